The summed E-state index contributed by atoms with van der Waals surface area (Å²) in [6, 6.07) is 6.35. The lowest BCUT2D eigenvalue weighted by atomic mass is 9.96. The van der Waals surface area contributed by atoms with E-state index in [9.17, 15) is 0 Å². The van der Waals surface area contributed by atoms with Crippen molar-refractivity contribution in [1.29, 1.82) is 0 Å². The first-order valence-electron chi connectivity index (χ1n) is 7.69. The lowest BCUT2D eigenvalue weighted by Gasteiger charge is -2.33. The van der Waals surface area contributed by atoms with Gasteiger partial charge in [0, 0.05) is 22.9 Å². The minimum atomic E-state index is 0.582. The third-order valence-corrected chi connectivity index (χ3v) is 6.09. The molecule has 0 atom stereocenters. The van der Waals surface area contributed by atoms with Gasteiger partial charge in [0.2, 0.25) is 0 Å². The Balaban J connectivity index is 1.73. The van der Waals surface area contributed by atoms with E-state index in [0.717, 1.165) is 11.3 Å². The molecule has 118 valence electrons. The van der Waals surface area contributed by atoms with Crippen LogP contribution in [0.15, 0.2) is 23.6 Å². The highest BCUT2D eigenvalue weighted by atomic mass is 35.5. The van der Waals surface area contributed by atoms with E-state index in [1.54, 1.807) is 11.3 Å². The van der Waals surface area contributed by atoms with Gasteiger partial charge in [-0.05, 0) is 51.9 Å². The average Bonchev–Trinajstić information content (AvgIpc) is 3.00. The topological polar surface area (TPSA) is 16.1 Å². The summed E-state index contributed by atoms with van der Waals surface area (Å²) in [7, 11) is 0. The molecule has 2 heterocycles. The van der Waals surface area contributed by atoms with Crippen molar-refractivity contribution in [3.05, 3.63) is 38.6 Å². The molecule has 1 fully saturated rings. The van der Waals surface area contributed by atoms with Crippen molar-refractivity contribution >= 4 is 34.5 Å². The van der Waals surface area contributed by atoms with E-state index in [-0.39, 0.29) is 0 Å². The van der Waals surface area contributed by atoms with Crippen LogP contribution >= 0.6 is 34.5 Å². The number of benzene rings is 1. The number of hydrogen-bond donors (Lipinski definition) is 0. The number of piperidine rings is 1. The van der Waals surface area contributed by atoms with Crippen LogP contribution in [0, 0.1) is 0 Å². The second kappa shape index (κ2) is 6.88. The number of halogens is 2. The fraction of sp³-hybridized carbons (Fsp3) is 0.471. The monoisotopic (exact) mass is 354 g/mol. The van der Waals surface area contributed by atoms with Crippen LogP contribution in [0.4, 0.5) is 0 Å². The molecule has 0 radical (unpaired) electrons. The van der Waals surface area contributed by atoms with Gasteiger partial charge in [0.25, 0.3) is 0 Å². The highest BCUT2D eigenvalue weighted by molar-refractivity contribution is 7.10. The second-order valence-electron chi connectivity index (χ2n) is 6.10. The van der Waals surface area contributed by atoms with Gasteiger partial charge in [-0.2, -0.15) is 0 Å². The molecule has 0 N–H and O–H groups in total. The van der Waals surface area contributed by atoms with Gasteiger partial charge >= 0.3 is 0 Å². The van der Waals surface area contributed by atoms with Gasteiger partial charge in [-0.15, -0.1) is 11.3 Å². The molecular formula is C17H20Cl2N2S. The Labute approximate surface area is 146 Å². The highest BCUT2D eigenvalue weighted by Gasteiger charge is 2.24. The zero-order valence-electron chi connectivity index (χ0n) is 12.9. The first-order valence-corrected chi connectivity index (χ1v) is 9.33. The zero-order chi connectivity index (χ0) is 15.7. The molecule has 5 heteroatoms. The van der Waals surface area contributed by atoms with Crippen molar-refractivity contribution in [1.82, 2.24) is 9.88 Å². The molecule has 2 nitrogen and oxygen atoms in total. The molecule has 3 rings (SSSR count). The molecule has 0 aliphatic carbocycles. The molecule has 0 bridgehead atoms. The lowest BCUT2D eigenvalue weighted by Crippen LogP contribution is -2.37. The summed E-state index contributed by atoms with van der Waals surface area (Å²) in [4.78, 5) is 7.39. The number of rotatable bonds is 3. The van der Waals surface area contributed by atoms with E-state index in [2.05, 4.69) is 24.1 Å². The fourth-order valence-electron chi connectivity index (χ4n) is 2.93. The second-order valence-corrected chi connectivity index (χ2v) is 7.81. The molecule has 0 unspecified atom stereocenters. The number of nitrogens with zero attached hydrogens (tertiary/aromatic N) is 2. The van der Waals surface area contributed by atoms with Gasteiger partial charge < -0.3 is 4.90 Å². The predicted octanol–water partition coefficient (Wildman–Crippen LogP) is 5.70. The third-order valence-electron chi connectivity index (χ3n) is 4.35. The molecule has 0 saturated carbocycles. The average molecular weight is 355 g/mol. The van der Waals surface area contributed by atoms with Crippen molar-refractivity contribution in [2.75, 3.05) is 13.1 Å². The maximum absolute atomic E-state index is 6.10. The van der Waals surface area contributed by atoms with E-state index < -0.39 is 0 Å². The van der Waals surface area contributed by atoms with Gasteiger partial charge in [0.15, 0.2) is 0 Å². The van der Waals surface area contributed by atoms with Crippen molar-refractivity contribution < 1.29 is 0 Å². The first-order chi connectivity index (χ1) is 10.5. The van der Waals surface area contributed by atoms with Crippen molar-refractivity contribution in [3.63, 3.8) is 0 Å². The highest BCUT2D eigenvalue weighted by Crippen LogP contribution is 2.34. The number of likely N-dealkylation sites (tertiary alicyclic amines) is 1. The molecule has 1 aliphatic heterocycles. The Morgan fingerprint density at radius 3 is 2.55 bits per heavy atom. The van der Waals surface area contributed by atoms with Crippen LogP contribution in [0.5, 0.6) is 0 Å². The number of hydrogen-bond acceptors (Lipinski definition) is 3. The van der Waals surface area contributed by atoms with Gasteiger partial charge in [-0.25, -0.2) is 4.98 Å². The molecule has 1 aromatic carbocycles. The summed E-state index contributed by atoms with van der Waals surface area (Å²) in [5.74, 6) is 0.594. The normalized spacial score (nSPS) is 17.3. The Morgan fingerprint density at radius 2 is 1.91 bits per heavy atom. The number of aromatic nitrogens is 1. The summed E-state index contributed by atoms with van der Waals surface area (Å²) in [6.07, 6.45) is 2.40. The molecule has 22 heavy (non-hydrogen) atoms. The molecule has 0 amide bonds. The van der Waals surface area contributed by atoms with Crippen LogP contribution in [-0.2, 0) is 0 Å². The quantitative estimate of drug-likeness (QED) is 0.702. The van der Waals surface area contributed by atoms with Gasteiger partial charge in [-0.1, -0.05) is 29.3 Å². The van der Waals surface area contributed by atoms with Crippen molar-refractivity contribution in [3.8, 4) is 11.3 Å². The lowest BCUT2D eigenvalue weighted by molar-refractivity contribution is 0.172. The van der Waals surface area contributed by atoms with E-state index in [0.29, 0.717) is 22.0 Å². The minimum Gasteiger partial charge on any atom is -0.301 e. The molecule has 1 saturated heterocycles. The molecule has 0 spiro atoms. The van der Waals surface area contributed by atoms with Gasteiger partial charge in [0.05, 0.1) is 20.7 Å². The standard InChI is InChI=1S/C17H20Cl2N2S/c1-11(2)21-7-5-12(6-8-21)17-20-16(10-22-17)13-3-4-14(18)15(19)9-13/h3-4,9-12H,5-8H2,1-2H3. The van der Waals surface area contributed by atoms with Gasteiger partial charge in [-0.3, -0.25) is 0 Å². The van der Waals surface area contributed by atoms with Crippen molar-refractivity contribution in [2.45, 2.75) is 38.6 Å². The minimum absolute atomic E-state index is 0.582. The van der Waals surface area contributed by atoms with Gasteiger partial charge in [0.1, 0.15) is 0 Å². The Bertz CT molecular complexity index is 646. The van der Waals surface area contributed by atoms with Crippen LogP contribution in [-0.4, -0.2) is 29.0 Å². The largest absolute Gasteiger partial charge is 0.301 e. The Kier molecular flexibility index (Phi) is 5.08. The van der Waals surface area contributed by atoms with E-state index in [4.69, 9.17) is 28.2 Å². The SMILES string of the molecule is CC(C)N1CCC(c2nc(-c3ccc(Cl)c(Cl)c3)cs2)CC1. The molecule has 1 aliphatic rings. The summed E-state index contributed by atoms with van der Waals surface area (Å²) < 4.78 is 0. The molecular weight excluding hydrogens is 335 g/mol. The molecule has 2 aromatic rings. The van der Waals surface area contributed by atoms with E-state index in [1.807, 2.05) is 18.2 Å². The smallest absolute Gasteiger partial charge is 0.0964 e. The summed E-state index contributed by atoms with van der Waals surface area (Å²) >= 11 is 13.8. The van der Waals surface area contributed by atoms with E-state index >= 15 is 0 Å². The summed E-state index contributed by atoms with van der Waals surface area (Å²) in [5.41, 5.74) is 2.04. The van der Waals surface area contributed by atoms with Crippen LogP contribution in [0.1, 0.15) is 37.6 Å². The summed E-state index contributed by atoms with van der Waals surface area (Å²) in [6.45, 7) is 6.88. The van der Waals surface area contributed by atoms with Crippen LogP contribution in [0.25, 0.3) is 11.3 Å². The first kappa shape index (κ1) is 16.3. The predicted molar refractivity (Wildman–Crippen MR) is 96.3 cm³/mol. The molecule has 1 aromatic heterocycles. The maximum atomic E-state index is 6.10. The fourth-order valence-corrected chi connectivity index (χ4v) is 4.22. The third kappa shape index (κ3) is 3.48. The zero-order valence-corrected chi connectivity index (χ0v) is 15.2. The summed E-state index contributed by atoms with van der Waals surface area (Å²) in [5, 5.41) is 4.55. The van der Waals surface area contributed by atoms with Crippen LogP contribution < -0.4 is 0 Å². The van der Waals surface area contributed by atoms with Crippen LogP contribution in [0.3, 0.4) is 0 Å². The van der Waals surface area contributed by atoms with Crippen LogP contribution in [0.2, 0.25) is 10.0 Å². The Morgan fingerprint density at radius 1 is 1.18 bits per heavy atom. The number of thiazole rings is 1. The Hall–Kier alpha value is -0.610. The van der Waals surface area contributed by atoms with E-state index in [1.165, 1.54) is 30.9 Å². The maximum Gasteiger partial charge on any atom is 0.0964 e. The van der Waals surface area contributed by atoms with Crippen molar-refractivity contribution in [2.24, 2.45) is 0 Å².